The highest BCUT2D eigenvalue weighted by molar-refractivity contribution is 5.90. The van der Waals surface area contributed by atoms with Crippen molar-refractivity contribution in [1.29, 1.82) is 5.26 Å². The summed E-state index contributed by atoms with van der Waals surface area (Å²) in [4.78, 5) is 7.85. The molecule has 0 aliphatic heterocycles. The third-order valence-electron chi connectivity index (χ3n) is 4.41. The molecule has 5 nitrogen and oxygen atoms in total. The van der Waals surface area contributed by atoms with Crippen LogP contribution in [-0.4, -0.2) is 22.7 Å². The predicted molar refractivity (Wildman–Crippen MR) is 112 cm³/mol. The maximum absolute atomic E-state index is 9.69. The minimum absolute atomic E-state index is 0.0535. The number of allylic oxidation sites excluding steroid dienone is 1. The SMILES string of the molecule is CCOc1cc(/C=C(\C#N)c2nc3cc(C)c(C)cc3[nH]2)ccc1OC(C)C. The van der Waals surface area contributed by atoms with Gasteiger partial charge >= 0.3 is 0 Å². The quantitative estimate of drug-likeness (QED) is 0.583. The first-order valence-electron chi connectivity index (χ1n) is 9.44. The van der Waals surface area contributed by atoms with Crippen molar-refractivity contribution >= 4 is 22.7 Å². The Kier molecular flexibility index (Phi) is 5.70. The van der Waals surface area contributed by atoms with Gasteiger partial charge in [-0.3, -0.25) is 0 Å². The Morgan fingerprint density at radius 3 is 2.61 bits per heavy atom. The lowest BCUT2D eigenvalue weighted by Crippen LogP contribution is -2.07. The highest BCUT2D eigenvalue weighted by atomic mass is 16.5. The smallest absolute Gasteiger partial charge is 0.161 e. The van der Waals surface area contributed by atoms with Crippen LogP contribution in [0.15, 0.2) is 30.3 Å². The normalized spacial score (nSPS) is 11.7. The molecule has 144 valence electrons. The van der Waals surface area contributed by atoms with E-state index >= 15 is 0 Å². The minimum atomic E-state index is 0.0535. The molecule has 0 radical (unpaired) electrons. The number of hydrogen-bond donors (Lipinski definition) is 1. The maximum Gasteiger partial charge on any atom is 0.161 e. The number of ether oxygens (including phenoxy) is 2. The van der Waals surface area contributed by atoms with E-state index in [0.717, 1.165) is 16.6 Å². The second-order valence-electron chi connectivity index (χ2n) is 7.01. The molecular formula is C23H25N3O2. The predicted octanol–water partition coefficient (Wildman–Crippen LogP) is 5.43. The molecule has 0 aliphatic carbocycles. The standard InChI is InChI=1S/C23H25N3O2/c1-6-27-22-12-17(7-8-21(22)28-14(2)3)11-18(13-24)23-25-19-9-15(4)16(5)10-20(19)26-23/h7-12,14H,6H2,1-5H3,(H,25,26)/b18-11+. The Morgan fingerprint density at radius 2 is 1.93 bits per heavy atom. The van der Waals surface area contributed by atoms with Crippen molar-refractivity contribution in [3.63, 3.8) is 0 Å². The van der Waals surface area contributed by atoms with Crippen molar-refractivity contribution in [2.75, 3.05) is 6.61 Å². The lowest BCUT2D eigenvalue weighted by atomic mass is 10.1. The number of nitrogens with one attached hydrogen (secondary N) is 1. The largest absolute Gasteiger partial charge is 0.490 e. The monoisotopic (exact) mass is 375 g/mol. The minimum Gasteiger partial charge on any atom is -0.490 e. The number of hydrogen-bond acceptors (Lipinski definition) is 4. The molecule has 1 N–H and O–H groups in total. The summed E-state index contributed by atoms with van der Waals surface area (Å²) in [7, 11) is 0. The third kappa shape index (κ3) is 4.17. The number of nitriles is 1. The summed E-state index contributed by atoms with van der Waals surface area (Å²) in [5.41, 5.74) is 5.46. The molecule has 0 spiro atoms. The number of aromatic amines is 1. The molecule has 0 amide bonds. The van der Waals surface area contributed by atoms with Crippen LogP contribution < -0.4 is 9.47 Å². The third-order valence-corrected chi connectivity index (χ3v) is 4.41. The molecule has 0 atom stereocenters. The molecule has 0 unspecified atom stereocenters. The van der Waals surface area contributed by atoms with Crippen molar-refractivity contribution in [3.05, 3.63) is 52.8 Å². The van der Waals surface area contributed by atoms with Crippen LogP contribution in [0.4, 0.5) is 0 Å². The van der Waals surface area contributed by atoms with E-state index in [2.05, 4.69) is 36.0 Å². The van der Waals surface area contributed by atoms with Crippen molar-refractivity contribution in [3.8, 4) is 17.6 Å². The number of imidazole rings is 1. The number of aryl methyl sites for hydroxylation is 2. The van der Waals surface area contributed by atoms with Gasteiger partial charge in [0.2, 0.25) is 0 Å². The first kappa shape index (κ1) is 19.5. The van der Waals surface area contributed by atoms with Gasteiger partial charge in [0.25, 0.3) is 0 Å². The van der Waals surface area contributed by atoms with Crippen molar-refractivity contribution in [2.24, 2.45) is 0 Å². The van der Waals surface area contributed by atoms with E-state index in [1.165, 1.54) is 11.1 Å². The van der Waals surface area contributed by atoms with Crippen LogP contribution in [-0.2, 0) is 0 Å². The molecule has 28 heavy (non-hydrogen) atoms. The molecule has 3 rings (SSSR count). The van der Waals surface area contributed by atoms with Gasteiger partial charge in [0.1, 0.15) is 11.9 Å². The first-order chi connectivity index (χ1) is 13.4. The Labute approximate surface area is 165 Å². The van der Waals surface area contributed by atoms with Gasteiger partial charge in [-0.1, -0.05) is 6.07 Å². The summed E-state index contributed by atoms with van der Waals surface area (Å²) >= 11 is 0. The number of benzene rings is 2. The van der Waals surface area contributed by atoms with Crippen LogP contribution >= 0.6 is 0 Å². The van der Waals surface area contributed by atoms with Crippen LogP contribution in [0.1, 0.15) is 43.3 Å². The van der Waals surface area contributed by atoms with E-state index in [4.69, 9.17) is 9.47 Å². The fraction of sp³-hybridized carbons (Fsp3) is 0.304. The van der Waals surface area contributed by atoms with Gasteiger partial charge in [0, 0.05) is 0 Å². The van der Waals surface area contributed by atoms with E-state index in [-0.39, 0.29) is 6.10 Å². The maximum atomic E-state index is 9.69. The van der Waals surface area contributed by atoms with Gasteiger partial charge in [0.15, 0.2) is 11.5 Å². The summed E-state index contributed by atoms with van der Waals surface area (Å²) in [5.74, 6) is 1.92. The second kappa shape index (κ2) is 8.18. The van der Waals surface area contributed by atoms with Gasteiger partial charge in [-0.05, 0) is 81.7 Å². The van der Waals surface area contributed by atoms with Crippen LogP contribution in [0.3, 0.4) is 0 Å². The Hall–Kier alpha value is -3.26. The van der Waals surface area contributed by atoms with Crippen molar-refractivity contribution < 1.29 is 9.47 Å². The van der Waals surface area contributed by atoms with E-state index in [0.29, 0.717) is 29.5 Å². The summed E-state index contributed by atoms with van der Waals surface area (Å²) in [6.45, 7) is 10.5. The van der Waals surface area contributed by atoms with Crippen LogP contribution in [0.5, 0.6) is 11.5 Å². The molecule has 0 bridgehead atoms. The number of fused-ring (bicyclic) bond motifs is 1. The molecular weight excluding hydrogens is 350 g/mol. The number of H-pyrrole nitrogens is 1. The lowest BCUT2D eigenvalue weighted by Gasteiger charge is -2.15. The second-order valence-corrected chi connectivity index (χ2v) is 7.01. The zero-order valence-electron chi connectivity index (χ0n) is 17.0. The molecule has 1 aromatic heterocycles. The van der Waals surface area contributed by atoms with Crippen molar-refractivity contribution in [2.45, 2.75) is 40.7 Å². The topological polar surface area (TPSA) is 70.9 Å². The van der Waals surface area contributed by atoms with Gasteiger partial charge < -0.3 is 14.5 Å². The Bertz CT molecular complexity index is 1030. The summed E-state index contributed by atoms with van der Waals surface area (Å²) < 4.78 is 11.5. The summed E-state index contributed by atoms with van der Waals surface area (Å²) in [6.07, 6.45) is 1.86. The van der Waals surface area contributed by atoms with Crippen LogP contribution in [0.2, 0.25) is 0 Å². The fourth-order valence-electron chi connectivity index (χ4n) is 2.95. The average molecular weight is 375 g/mol. The zero-order chi connectivity index (χ0) is 20.3. The molecule has 0 saturated heterocycles. The molecule has 0 fully saturated rings. The van der Waals surface area contributed by atoms with Gasteiger partial charge in [0.05, 0.1) is 29.3 Å². The van der Waals surface area contributed by atoms with E-state index in [9.17, 15) is 5.26 Å². The van der Waals surface area contributed by atoms with E-state index < -0.39 is 0 Å². The van der Waals surface area contributed by atoms with Crippen LogP contribution in [0.25, 0.3) is 22.7 Å². The molecule has 0 saturated carbocycles. The van der Waals surface area contributed by atoms with E-state index in [1.54, 1.807) is 6.08 Å². The molecule has 3 aromatic rings. The van der Waals surface area contributed by atoms with Gasteiger partial charge in [-0.2, -0.15) is 5.26 Å². The molecule has 2 aromatic carbocycles. The molecule has 1 heterocycles. The van der Waals surface area contributed by atoms with Crippen LogP contribution in [0, 0.1) is 25.2 Å². The number of aromatic nitrogens is 2. The Balaban J connectivity index is 2.00. The molecule has 5 heteroatoms. The fourth-order valence-corrected chi connectivity index (χ4v) is 2.95. The molecule has 0 aliphatic rings. The van der Waals surface area contributed by atoms with E-state index in [1.807, 2.05) is 45.0 Å². The summed E-state index contributed by atoms with van der Waals surface area (Å²) in [6, 6.07) is 12.0. The number of rotatable bonds is 6. The highest BCUT2D eigenvalue weighted by Crippen LogP contribution is 2.31. The number of nitrogens with zero attached hydrogens (tertiary/aromatic N) is 2. The first-order valence-corrected chi connectivity index (χ1v) is 9.44. The summed E-state index contributed by atoms with van der Waals surface area (Å²) in [5, 5.41) is 9.69. The van der Waals surface area contributed by atoms with Crippen molar-refractivity contribution in [1.82, 2.24) is 9.97 Å². The average Bonchev–Trinajstić information content (AvgIpc) is 3.04. The highest BCUT2D eigenvalue weighted by Gasteiger charge is 2.11. The van der Waals surface area contributed by atoms with Gasteiger partial charge in [-0.25, -0.2) is 4.98 Å². The Morgan fingerprint density at radius 1 is 1.18 bits per heavy atom. The lowest BCUT2D eigenvalue weighted by molar-refractivity contribution is 0.224. The van der Waals surface area contributed by atoms with Gasteiger partial charge in [-0.15, -0.1) is 0 Å². The zero-order valence-corrected chi connectivity index (χ0v) is 17.0.